The van der Waals surface area contributed by atoms with E-state index in [4.69, 9.17) is 10.8 Å². The number of rotatable bonds is 4. The first-order valence-corrected chi connectivity index (χ1v) is 5.03. The average molecular weight is 263 g/mol. The van der Waals surface area contributed by atoms with Gasteiger partial charge in [0.2, 0.25) is 0 Å². The van der Waals surface area contributed by atoms with Crippen LogP contribution in [0.1, 0.15) is 6.42 Å². The van der Waals surface area contributed by atoms with Gasteiger partial charge in [-0.2, -0.15) is 0 Å². The maximum Gasteiger partial charge on any atom is 0.139 e. The summed E-state index contributed by atoms with van der Waals surface area (Å²) in [5, 5.41) is 11.5. The van der Waals surface area contributed by atoms with Crippen LogP contribution in [-0.2, 0) is 0 Å². The Morgan fingerprint density at radius 2 is 2.21 bits per heavy atom. The molecule has 0 aliphatic heterocycles. The van der Waals surface area contributed by atoms with Crippen LogP contribution >= 0.6 is 15.9 Å². The SMILES string of the molecule is Nc1cc(Br)c(F)cc1NCCCO. The molecule has 3 nitrogen and oxygen atoms in total. The molecule has 0 amide bonds. The molecular formula is C9H12BrFN2O. The lowest BCUT2D eigenvalue weighted by Crippen LogP contribution is -2.06. The van der Waals surface area contributed by atoms with E-state index < -0.39 is 0 Å². The number of nitrogens with two attached hydrogens (primary N) is 1. The molecule has 0 aliphatic carbocycles. The summed E-state index contributed by atoms with van der Waals surface area (Å²) < 4.78 is 13.4. The molecule has 0 fully saturated rings. The highest BCUT2D eigenvalue weighted by molar-refractivity contribution is 9.10. The Morgan fingerprint density at radius 1 is 1.50 bits per heavy atom. The summed E-state index contributed by atoms with van der Waals surface area (Å²) in [6.07, 6.45) is 0.608. The minimum atomic E-state index is -0.356. The Balaban J connectivity index is 2.72. The molecule has 1 aromatic carbocycles. The van der Waals surface area contributed by atoms with Gasteiger partial charge in [0, 0.05) is 19.2 Å². The lowest BCUT2D eigenvalue weighted by molar-refractivity contribution is 0.292. The van der Waals surface area contributed by atoms with Crippen molar-refractivity contribution in [3.05, 3.63) is 22.4 Å². The quantitative estimate of drug-likeness (QED) is 0.575. The van der Waals surface area contributed by atoms with Crippen molar-refractivity contribution < 1.29 is 9.50 Å². The summed E-state index contributed by atoms with van der Waals surface area (Å²) >= 11 is 3.04. The van der Waals surface area contributed by atoms with Crippen LogP contribution in [0.15, 0.2) is 16.6 Å². The molecule has 1 rings (SSSR count). The molecule has 5 heteroatoms. The molecule has 0 aromatic heterocycles. The fourth-order valence-electron chi connectivity index (χ4n) is 1.02. The topological polar surface area (TPSA) is 58.3 Å². The summed E-state index contributed by atoms with van der Waals surface area (Å²) in [6, 6.07) is 2.84. The number of halogens is 2. The summed E-state index contributed by atoms with van der Waals surface area (Å²) in [5.74, 6) is -0.356. The zero-order valence-electron chi connectivity index (χ0n) is 7.56. The van der Waals surface area contributed by atoms with Gasteiger partial charge in [0.1, 0.15) is 5.82 Å². The molecule has 0 heterocycles. The molecular weight excluding hydrogens is 251 g/mol. The van der Waals surface area contributed by atoms with E-state index in [1.165, 1.54) is 12.1 Å². The second-order valence-corrected chi connectivity index (χ2v) is 3.71. The van der Waals surface area contributed by atoms with Crippen molar-refractivity contribution in [3.8, 4) is 0 Å². The highest BCUT2D eigenvalue weighted by Crippen LogP contribution is 2.26. The van der Waals surface area contributed by atoms with Gasteiger partial charge < -0.3 is 16.2 Å². The number of hydrogen-bond donors (Lipinski definition) is 3. The maximum atomic E-state index is 13.1. The molecule has 0 aliphatic rings. The standard InChI is InChI=1S/C9H12BrFN2O/c10-6-4-8(12)9(5-7(6)11)13-2-1-3-14/h4-5,13-14H,1-3,12H2. The molecule has 0 radical (unpaired) electrons. The second-order valence-electron chi connectivity index (χ2n) is 2.86. The van der Waals surface area contributed by atoms with Crippen LogP contribution in [0, 0.1) is 5.82 Å². The minimum Gasteiger partial charge on any atom is -0.397 e. The Labute approximate surface area is 90.2 Å². The second kappa shape index (κ2) is 5.17. The third-order valence-electron chi connectivity index (χ3n) is 1.74. The Bertz CT molecular complexity index is 320. The number of anilines is 2. The third kappa shape index (κ3) is 2.85. The predicted octanol–water partition coefficient (Wildman–Crippen LogP) is 1.96. The number of benzene rings is 1. The van der Waals surface area contributed by atoms with Gasteiger partial charge >= 0.3 is 0 Å². The van der Waals surface area contributed by atoms with Crippen molar-refractivity contribution in [3.63, 3.8) is 0 Å². The van der Waals surface area contributed by atoms with Crippen molar-refractivity contribution in [1.29, 1.82) is 0 Å². The minimum absolute atomic E-state index is 0.103. The van der Waals surface area contributed by atoms with Gasteiger partial charge in [0.05, 0.1) is 15.8 Å². The molecule has 4 N–H and O–H groups in total. The van der Waals surface area contributed by atoms with Crippen LogP contribution in [0.2, 0.25) is 0 Å². The smallest absolute Gasteiger partial charge is 0.139 e. The van der Waals surface area contributed by atoms with E-state index in [1.54, 1.807) is 0 Å². The van der Waals surface area contributed by atoms with E-state index in [2.05, 4.69) is 21.2 Å². The first-order valence-electron chi connectivity index (χ1n) is 4.24. The van der Waals surface area contributed by atoms with Gasteiger partial charge in [-0.1, -0.05) is 0 Å². The number of aliphatic hydroxyl groups excluding tert-OH is 1. The zero-order valence-corrected chi connectivity index (χ0v) is 9.14. The average Bonchev–Trinajstić information content (AvgIpc) is 2.14. The summed E-state index contributed by atoms with van der Waals surface area (Å²) in [7, 11) is 0. The number of hydrogen-bond acceptors (Lipinski definition) is 3. The van der Waals surface area contributed by atoms with Crippen molar-refractivity contribution in [2.45, 2.75) is 6.42 Å². The molecule has 0 saturated carbocycles. The largest absolute Gasteiger partial charge is 0.397 e. The zero-order chi connectivity index (χ0) is 10.6. The van der Waals surface area contributed by atoms with Crippen molar-refractivity contribution in [2.24, 2.45) is 0 Å². The van der Waals surface area contributed by atoms with E-state index in [1.807, 2.05) is 0 Å². The van der Waals surface area contributed by atoms with Crippen LogP contribution < -0.4 is 11.1 Å². The fraction of sp³-hybridized carbons (Fsp3) is 0.333. The van der Waals surface area contributed by atoms with Crippen LogP contribution in [-0.4, -0.2) is 18.3 Å². The molecule has 0 saturated heterocycles. The molecule has 0 unspecified atom stereocenters. The van der Waals surface area contributed by atoms with E-state index in [-0.39, 0.29) is 12.4 Å². The normalized spacial score (nSPS) is 10.2. The fourth-order valence-corrected chi connectivity index (χ4v) is 1.38. The van der Waals surface area contributed by atoms with E-state index >= 15 is 0 Å². The Kier molecular flexibility index (Phi) is 4.16. The van der Waals surface area contributed by atoms with Gasteiger partial charge in [-0.05, 0) is 28.4 Å². The highest BCUT2D eigenvalue weighted by Gasteiger charge is 2.04. The molecule has 78 valence electrons. The lowest BCUT2D eigenvalue weighted by atomic mass is 10.2. The van der Waals surface area contributed by atoms with Gasteiger partial charge in [-0.15, -0.1) is 0 Å². The highest BCUT2D eigenvalue weighted by atomic mass is 79.9. The van der Waals surface area contributed by atoms with Crippen molar-refractivity contribution >= 4 is 27.3 Å². The van der Waals surface area contributed by atoms with Gasteiger partial charge in [0.15, 0.2) is 0 Å². The maximum absolute atomic E-state index is 13.1. The van der Waals surface area contributed by atoms with Crippen molar-refractivity contribution in [2.75, 3.05) is 24.2 Å². The van der Waals surface area contributed by atoms with Crippen LogP contribution in [0.4, 0.5) is 15.8 Å². The molecule has 0 spiro atoms. The Hall–Kier alpha value is -0.810. The first kappa shape index (κ1) is 11.3. The monoisotopic (exact) mass is 262 g/mol. The van der Waals surface area contributed by atoms with Crippen LogP contribution in [0.3, 0.4) is 0 Å². The number of nitrogen functional groups attached to an aromatic ring is 1. The third-order valence-corrected chi connectivity index (χ3v) is 2.35. The predicted molar refractivity (Wildman–Crippen MR) is 58.7 cm³/mol. The summed E-state index contributed by atoms with van der Waals surface area (Å²) in [5.41, 5.74) is 6.69. The van der Waals surface area contributed by atoms with Gasteiger partial charge in [-0.3, -0.25) is 0 Å². The van der Waals surface area contributed by atoms with Crippen LogP contribution in [0.5, 0.6) is 0 Å². The van der Waals surface area contributed by atoms with E-state index in [0.29, 0.717) is 28.8 Å². The number of nitrogens with one attached hydrogen (secondary N) is 1. The van der Waals surface area contributed by atoms with Crippen LogP contribution in [0.25, 0.3) is 0 Å². The summed E-state index contributed by atoms with van der Waals surface area (Å²) in [4.78, 5) is 0. The molecule has 14 heavy (non-hydrogen) atoms. The van der Waals surface area contributed by atoms with Gasteiger partial charge in [0.25, 0.3) is 0 Å². The number of aliphatic hydroxyl groups is 1. The van der Waals surface area contributed by atoms with Gasteiger partial charge in [-0.25, -0.2) is 4.39 Å². The Morgan fingerprint density at radius 3 is 2.86 bits per heavy atom. The van der Waals surface area contributed by atoms with E-state index in [9.17, 15) is 4.39 Å². The lowest BCUT2D eigenvalue weighted by Gasteiger charge is -2.09. The molecule has 1 aromatic rings. The van der Waals surface area contributed by atoms with E-state index in [0.717, 1.165) is 0 Å². The summed E-state index contributed by atoms with van der Waals surface area (Å²) in [6.45, 7) is 0.674. The molecule has 0 bridgehead atoms. The van der Waals surface area contributed by atoms with Crippen molar-refractivity contribution in [1.82, 2.24) is 0 Å². The first-order chi connectivity index (χ1) is 6.65. The molecule has 0 atom stereocenters.